The molecule has 1 saturated carbocycles. The van der Waals surface area contributed by atoms with Crippen LogP contribution in [0.5, 0.6) is 0 Å². The number of carbonyl (C=O) groups is 1. The van der Waals surface area contributed by atoms with Crippen molar-refractivity contribution in [3.8, 4) is 10.6 Å². The van der Waals surface area contributed by atoms with E-state index in [1.165, 1.54) is 6.42 Å². The van der Waals surface area contributed by atoms with Crippen LogP contribution in [0, 0.1) is 5.92 Å². The first-order valence-electron chi connectivity index (χ1n) is 9.65. The highest BCUT2D eigenvalue weighted by Crippen LogP contribution is 2.29. The Morgan fingerprint density at radius 3 is 2.69 bits per heavy atom. The van der Waals surface area contributed by atoms with Crippen LogP contribution < -0.4 is 5.56 Å². The van der Waals surface area contributed by atoms with Gasteiger partial charge in [0.15, 0.2) is 0 Å². The molecule has 2 fully saturated rings. The SMILES string of the molecule is O=C(C1CCCCC1)N1CCCC(n2nc(-c3cccs3)ccc2=O)C1. The van der Waals surface area contributed by atoms with Gasteiger partial charge in [0, 0.05) is 25.1 Å². The predicted molar refractivity (Wildman–Crippen MR) is 103 cm³/mol. The smallest absolute Gasteiger partial charge is 0.267 e. The molecule has 2 aliphatic rings. The summed E-state index contributed by atoms with van der Waals surface area (Å²) in [5.74, 6) is 0.474. The van der Waals surface area contributed by atoms with Gasteiger partial charge >= 0.3 is 0 Å². The molecular weight excluding hydrogens is 346 g/mol. The molecule has 2 aromatic heterocycles. The molecule has 5 nitrogen and oxygen atoms in total. The van der Waals surface area contributed by atoms with E-state index in [0.29, 0.717) is 6.54 Å². The zero-order valence-electron chi connectivity index (χ0n) is 15.0. The molecule has 1 amide bonds. The van der Waals surface area contributed by atoms with E-state index in [-0.39, 0.29) is 23.4 Å². The maximum atomic E-state index is 12.9. The Morgan fingerprint density at radius 1 is 1.08 bits per heavy atom. The van der Waals surface area contributed by atoms with Gasteiger partial charge in [-0.2, -0.15) is 5.10 Å². The van der Waals surface area contributed by atoms with Crippen LogP contribution in [0.25, 0.3) is 10.6 Å². The van der Waals surface area contributed by atoms with Gasteiger partial charge in [0.1, 0.15) is 5.69 Å². The quantitative estimate of drug-likeness (QED) is 0.826. The molecule has 1 atom stereocenters. The lowest BCUT2D eigenvalue weighted by atomic mass is 9.87. The highest BCUT2D eigenvalue weighted by Gasteiger charge is 2.31. The fourth-order valence-electron chi connectivity index (χ4n) is 4.20. The van der Waals surface area contributed by atoms with E-state index in [1.807, 2.05) is 22.4 Å². The van der Waals surface area contributed by atoms with Gasteiger partial charge < -0.3 is 4.90 Å². The third-order valence-electron chi connectivity index (χ3n) is 5.61. The number of carbonyl (C=O) groups excluding carboxylic acids is 1. The molecule has 2 aromatic rings. The average molecular weight is 372 g/mol. The van der Waals surface area contributed by atoms with E-state index in [1.54, 1.807) is 28.2 Å². The van der Waals surface area contributed by atoms with E-state index in [2.05, 4.69) is 5.10 Å². The highest BCUT2D eigenvalue weighted by molar-refractivity contribution is 7.13. The summed E-state index contributed by atoms with van der Waals surface area (Å²) in [6.07, 6.45) is 7.45. The summed E-state index contributed by atoms with van der Waals surface area (Å²) in [5, 5.41) is 6.63. The number of thiophene rings is 1. The van der Waals surface area contributed by atoms with Crippen molar-refractivity contribution in [1.82, 2.24) is 14.7 Å². The topological polar surface area (TPSA) is 55.2 Å². The first-order valence-corrected chi connectivity index (χ1v) is 10.5. The van der Waals surface area contributed by atoms with Gasteiger partial charge in [0.05, 0.1) is 10.9 Å². The molecular formula is C20H25N3O2S. The van der Waals surface area contributed by atoms with Crippen molar-refractivity contribution in [2.75, 3.05) is 13.1 Å². The normalized spacial score (nSPS) is 21.7. The fraction of sp³-hybridized carbons (Fsp3) is 0.550. The number of hydrogen-bond donors (Lipinski definition) is 0. The van der Waals surface area contributed by atoms with E-state index in [0.717, 1.165) is 55.6 Å². The summed E-state index contributed by atoms with van der Waals surface area (Å²) >= 11 is 1.62. The van der Waals surface area contributed by atoms with E-state index in [9.17, 15) is 9.59 Å². The van der Waals surface area contributed by atoms with Crippen molar-refractivity contribution in [2.24, 2.45) is 5.92 Å². The largest absolute Gasteiger partial charge is 0.340 e. The highest BCUT2D eigenvalue weighted by atomic mass is 32.1. The van der Waals surface area contributed by atoms with Crippen molar-refractivity contribution >= 4 is 17.2 Å². The summed E-state index contributed by atoms with van der Waals surface area (Å²) < 4.78 is 1.61. The van der Waals surface area contributed by atoms with E-state index >= 15 is 0 Å². The number of nitrogens with zero attached hydrogens (tertiary/aromatic N) is 3. The van der Waals surface area contributed by atoms with Crippen LogP contribution in [0.4, 0.5) is 0 Å². The number of likely N-dealkylation sites (tertiary alicyclic amines) is 1. The van der Waals surface area contributed by atoms with Gasteiger partial charge in [0.2, 0.25) is 5.91 Å². The molecule has 1 saturated heterocycles. The third kappa shape index (κ3) is 3.61. The first kappa shape index (κ1) is 17.5. The minimum Gasteiger partial charge on any atom is -0.340 e. The van der Waals surface area contributed by atoms with Crippen LogP contribution in [0.1, 0.15) is 51.0 Å². The van der Waals surface area contributed by atoms with Crippen LogP contribution >= 0.6 is 11.3 Å². The molecule has 1 aliphatic heterocycles. The third-order valence-corrected chi connectivity index (χ3v) is 6.50. The zero-order chi connectivity index (χ0) is 17.9. The van der Waals surface area contributed by atoms with Crippen LogP contribution in [0.2, 0.25) is 0 Å². The Balaban J connectivity index is 1.53. The summed E-state index contributed by atoms with van der Waals surface area (Å²) in [7, 11) is 0. The minimum absolute atomic E-state index is 0.0243. The van der Waals surface area contributed by atoms with Crippen molar-refractivity contribution in [3.05, 3.63) is 40.0 Å². The summed E-state index contributed by atoms with van der Waals surface area (Å²) in [4.78, 5) is 28.3. The first-order chi connectivity index (χ1) is 12.7. The summed E-state index contributed by atoms with van der Waals surface area (Å²) in [6.45, 7) is 1.42. The number of rotatable bonds is 3. The predicted octanol–water partition coefficient (Wildman–Crippen LogP) is 3.72. The molecule has 26 heavy (non-hydrogen) atoms. The molecule has 1 unspecified atom stereocenters. The maximum absolute atomic E-state index is 12.9. The maximum Gasteiger partial charge on any atom is 0.267 e. The lowest BCUT2D eigenvalue weighted by Gasteiger charge is -2.36. The molecule has 138 valence electrons. The van der Waals surface area contributed by atoms with Crippen LogP contribution in [-0.2, 0) is 4.79 Å². The summed E-state index contributed by atoms with van der Waals surface area (Å²) in [5.41, 5.74) is 0.748. The molecule has 0 bridgehead atoms. The van der Waals surface area contributed by atoms with E-state index < -0.39 is 0 Å². The van der Waals surface area contributed by atoms with Crippen molar-refractivity contribution in [3.63, 3.8) is 0 Å². The Hall–Kier alpha value is -1.95. The fourth-order valence-corrected chi connectivity index (χ4v) is 4.90. The minimum atomic E-state index is -0.0812. The Bertz CT molecular complexity index is 809. The Morgan fingerprint density at radius 2 is 1.92 bits per heavy atom. The standard InChI is InChI=1S/C20H25N3O2S/c24-19-11-10-17(18-9-5-13-26-18)21-23(19)16-8-4-12-22(14-16)20(25)15-6-2-1-3-7-15/h5,9-11,13,15-16H,1-4,6-8,12,14H2. The van der Waals surface area contributed by atoms with Gasteiger partial charge in [-0.3, -0.25) is 9.59 Å². The zero-order valence-corrected chi connectivity index (χ0v) is 15.8. The van der Waals surface area contributed by atoms with Crippen molar-refractivity contribution in [1.29, 1.82) is 0 Å². The molecule has 0 spiro atoms. The van der Waals surface area contributed by atoms with Gasteiger partial charge in [-0.15, -0.1) is 11.3 Å². The second kappa shape index (κ2) is 7.74. The average Bonchev–Trinajstić information content (AvgIpc) is 3.23. The lowest BCUT2D eigenvalue weighted by molar-refractivity contribution is -0.138. The van der Waals surface area contributed by atoms with Crippen LogP contribution in [-0.4, -0.2) is 33.7 Å². The lowest BCUT2D eigenvalue weighted by Crippen LogP contribution is -2.46. The van der Waals surface area contributed by atoms with E-state index in [4.69, 9.17) is 0 Å². The van der Waals surface area contributed by atoms with Gasteiger partial charge in [0.25, 0.3) is 5.56 Å². The second-order valence-electron chi connectivity index (χ2n) is 7.39. The molecule has 1 aliphatic carbocycles. The molecule has 0 aromatic carbocycles. The summed E-state index contributed by atoms with van der Waals surface area (Å²) in [6, 6.07) is 7.37. The van der Waals surface area contributed by atoms with Crippen LogP contribution in [0.3, 0.4) is 0 Å². The van der Waals surface area contributed by atoms with Gasteiger partial charge in [-0.1, -0.05) is 25.3 Å². The van der Waals surface area contributed by atoms with Crippen molar-refractivity contribution in [2.45, 2.75) is 51.0 Å². The van der Waals surface area contributed by atoms with Crippen molar-refractivity contribution < 1.29 is 4.79 Å². The Kier molecular flexibility index (Phi) is 5.20. The molecule has 0 N–H and O–H groups in total. The van der Waals surface area contributed by atoms with Gasteiger partial charge in [-0.25, -0.2) is 4.68 Å². The molecule has 6 heteroatoms. The second-order valence-corrected chi connectivity index (χ2v) is 8.34. The molecule has 3 heterocycles. The number of amides is 1. The Labute approximate surface area is 157 Å². The monoisotopic (exact) mass is 371 g/mol. The van der Waals surface area contributed by atoms with Crippen LogP contribution in [0.15, 0.2) is 34.4 Å². The van der Waals surface area contributed by atoms with Gasteiger partial charge in [-0.05, 0) is 43.2 Å². The molecule has 4 rings (SSSR count). The molecule has 0 radical (unpaired) electrons. The number of piperidine rings is 1. The number of aromatic nitrogens is 2. The number of hydrogen-bond acceptors (Lipinski definition) is 4.